The molecule has 7 nitrogen and oxygen atoms in total. The molecule has 1 fully saturated rings. The van der Waals surface area contributed by atoms with Crippen LogP contribution in [0.5, 0.6) is 0 Å². The molecule has 2 aromatic carbocycles. The van der Waals surface area contributed by atoms with Crippen molar-refractivity contribution in [1.82, 2.24) is 14.7 Å². The van der Waals surface area contributed by atoms with Gasteiger partial charge in [0.2, 0.25) is 0 Å². The van der Waals surface area contributed by atoms with E-state index >= 15 is 0 Å². The van der Waals surface area contributed by atoms with Gasteiger partial charge < -0.3 is 9.63 Å². The summed E-state index contributed by atoms with van der Waals surface area (Å²) in [6.07, 6.45) is 3.71. The Kier molecular flexibility index (Phi) is 5.50. The smallest absolute Gasteiger partial charge is 0.303 e. The molecular weight excluding hydrogens is 425 g/mol. The monoisotopic (exact) mass is 447 g/mol. The third kappa shape index (κ3) is 4.41. The molecule has 0 atom stereocenters. The predicted molar refractivity (Wildman–Crippen MR) is 120 cm³/mol. The summed E-state index contributed by atoms with van der Waals surface area (Å²) in [7, 11) is 0. The standard InChI is InChI=1S/C25H22FN3O4/c26-17-8-10-18(11-9-17)29-23(3-1-2-4-24(30)31)27-21-13-16(7-12-19(21)25(29)32)20-14-22(33-28-20)15-5-6-15/h7-15H,1-6H2,(H,30,31). The van der Waals surface area contributed by atoms with Crippen LogP contribution in [0.25, 0.3) is 27.8 Å². The Labute approximate surface area is 188 Å². The van der Waals surface area contributed by atoms with Crippen molar-refractivity contribution < 1.29 is 18.8 Å². The highest BCUT2D eigenvalue weighted by Crippen LogP contribution is 2.41. The Morgan fingerprint density at radius 3 is 2.64 bits per heavy atom. The van der Waals surface area contributed by atoms with Gasteiger partial charge in [0.1, 0.15) is 23.1 Å². The molecule has 1 saturated carbocycles. The molecular formula is C25H22FN3O4. The summed E-state index contributed by atoms with van der Waals surface area (Å²) in [4.78, 5) is 29.0. The summed E-state index contributed by atoms with van der Waals surface area (Å²) >= 11 is 0. The minimum atomic E-state index is -0.861. The van der Waals surface area contributed by atoms with E-state index in [1.54, 1.807) is 6.07 Å². The van der Waals surface area contributed by atoms with Crippen molar-refractivity contribution in [3.05, 3.63) is 76.3 Å². The van der Waals surface area contributed by atoms with Crippen LogP contribution < -0.4 is 5.56 Å². The molecule has 4 aromatic rings. The van der Waals surface area contributed by atoms with Crippen LogP contribution in [-0.4, -0.2) is 25.8 Å². The van der Waals surface area contributed by atoms with Gasteiger partial charge in [-0.25, -0.2) is 9.37 Å². The van der Waals surface area contributed by atoms with Crippen LogP contribution in [0.1, 0.15) is 49.6 Å². The zero-order valence-electron chi connectivity index (χ0n) is 17.8. The van der Waals surface area contributed by atoms with E-state index in [9.17, 15) is 14.0 Å². The highest BCUT2D eigenvalue weighted by molar-refractivity contribution is 5.83. The number of nitrogens with zero attached hydrogens (tertiary/aromatic N) is 3. The topological polar surface area (TPSA) is 98.2 Å². The summed E-state index contributed by atoms with van der Waals surface area (Å²) < 4.78 is 20.4. The Hall–Kier alpha value is -3.81. The van der Waals surface area contributed by atoms with Gasteiger partial charge >= 0.3 is 5.97 Å². The van der Waals surface area contributed by atoms with Gasteiger partial charge in [0, 0.05) is 30.4 Å². The molecule has 168 valence electrons. The molecule has 1 aliphatic carbocycles. The number of benzene rings is 2. The maximum atomic E-state index is 13.5. The molecule has 0 saturated heterocycles. The van der Waals surface area contributed by atoms with Gasteiger partial charge in [0.25, 0.3) is 5.56 Å². The molecule has 33 heavy (non-hydrogen) atoms. The van der Waals surface area contributed by atoms with Crippen molar-refractivity contribution in [3.63, 3.8) is 0 Å². The highest BCUT2D eigenvalue weighted by atomic mass is 19.1. The zero-order chi connectivity index (χ0) is 22.9. The Morgan fingerprint density at radius 2 is 1.91 bits per heavy atom. The fourth-order valence-corrected chi connectivity index (χ4v) is 3.96. The first-order valence-electron chi connectivity index (χ1n) is 11.0. The summed E-state index contributed by atoms with van der Waals surface area (Å²) in [6, 6.07) is 13.0. The molecule has 2 aromatic heterocycles. The molecule has 0 unspecified atom stereocenters. The predicted octanol–water partition coefficient (Wildman–Crippen LogP) is 4.85. The van der Waals surface area contributed by atoms with E-state index in [2.05, 4.69) is 5.16 Å². The third-order valence-electron chi connectivity index (χ3n) is 5.87. The maximum Gasteiger partial charge on any atom is 0.303 e. The van der Waals surface area contributed by atoms with Crippen molar-refractivity contribution in [2.45, 2.75) is 44.4 Å². The van der Waals surface area contributed by atoms with E-state index in [0.717, 1.165) is 24.2 Å². The number of carboxylic acids is 1. The van der Waals surface area contributed by atoms with Crippen LogP contribution in [-0.2, 0) is 11.2 Å². The molecule has 0 radical (unpaired) electrons. The van der Waals surface area contributed by atoms with Gasteiger partial charge in [0.05, 0.1) is 16.6 Å². The first kappa shape index (κ1) is 21.1. The lowest BCUT2D eigenvalue weighted by Gasteiger charge is -2.14. The van der Waals surface area contributed by atoms with E-state index in [1.165, 1.54) is 28.8 Å². The van der Waals surface area contributed by atoms with Gasteiger partial charge in [-0.3, -0.25) is 14.2 Å². The van der Waals surface area contributed by atoms with Gasteiger partial charge in [-0.1, -0.05) is 11.2 Å². The average Bonchev–Trinajstić information content (AvgIpc) is 3.54. The van der Waals surface area contributed by atoms with Crippen LogP contribution in [0, 0.1) is 5.82 Å². The molecule has 5 rings (SSSR count). The number of hydrogen-bond donors (Lipinski definition) is 1. The zero-order valence-corrected chi connectivity index (χ0v) is 17.8. The number of halogens is 1. The highest BCUT2D eigenvalue weighted by Gasteiger charge is 2.28. The van der Waals surface area contributed by atoms with Gasteiger partial charge in [0.15, 0.2) is 0 Å². The molecule has 0 spiro atoms. The van der Waals surface area contributed by atoms with E-state index < -0.39 is 11.8 Å². The van der Waals surface area contributed by atoms with Crippen LogP contribution in [0.3, 0.4) is 0 Å². The van der Waals surface area contributed by atoms with Crippen LogP contribution >= 0.6 is 0 Å². The number of rotatable bonds is 8. The first-order valence-corrected chi connectivity index (χ1v) is 11.0. The number of carbonyl (C=O) groups is 1. The Morgan fingerprint density at radius 1 is 1.12 bits per heavy atom. The van der Waals surface area contributed by atoms with Crippen LogP contribution in [0.4, 0.5) is 4.39 Å². The van der Waals surface area contributed by atoms with Crippen molar-refractivity contribution in [3.8, 4) is 16.9 Å². The first-order chi connectivity index (χ1) is 16.0. The lowest BCUT2D eigenvalue weighted by Crippen LogP contribution is -2.24. The number of aryl methyl sites for hydroxylation is 1. The number of unbranched alkanes of at least 4 members (excludes halogenated alkanes) is 1. The number of aromatic nitrogens is 3. The van der Waals surface area contributed by atoms with Crippen molar-refractivity contribution in [2.75, 3.05) is 0 Å². The molecule has 0 aliphatic heterocycles. The molecule has 1 N–H and O–H groups in total. The fraction of sp³-hybridized carbons (Fsp3) is 0.280. The Balaban J connectivity index is 1.57. The van der Waals surface area contributed by atoms with Crippen molar-refractivity contribution in [1.29, 1.82) is 0 Å². The largest absolute Gasteiger partial charge is 0.481 e. The second kappa shape index (κ2) is 8.61. The van der Waals surface area contributed by atoms with Crippen LogP contribution in [0.15, 0.2) is 57.8 Å². The number of carboxylic acid groups (broad SMARTS) is 1. The SMILES string of the molecule is O=C(O)CCCCc1nc2cc(-c3cc(C4CC4)on3)ccc2c(=O)n1-c1ccc(F)cc1. The molecule has 2 heterocycles. The molecule has 1 aliphatic rings. The normalized spacial score (nSPS) is 13.5. The number of aliphatic carboxylic acids is 1. The van der Waals surface area contributed by atoms with Crippen molar-refractivity contribution >= 4 is 16.9 Å². The average molecular weight is 447 g/mol. The van der Waals surface area contributed by atoms with E-state index in [-0.39, 0.29) is 12.0 Å². The van der Waals surface area contributed by atoms with Crippen molar-refractivity contribution in [2.24, 2.45) is 0 Å². The molecule has 0 amide bonds. The van der Waals surface area contributed by atoms with E-state index in [0.29, 0.717) is 53.3 Å². The maximum absolute atomic E-state index is 13.5. The van der Waals surface area contributed by atoms with Gasteiger partial charge in [-0.05, 0) is 62.1 Å². The fourth-order valence-electron chi connectivity index (χ4n) is 3.96. The quantitative estimate of drug-likeness (QED) is 0.388. The summed E-state index contributed by atoms with van der Waals surface area (Å²) in [6.45, 7) is 0. The minimum Gasteiger partial charge on any atom is -0.481 e. The number of hydrogen-bond acceptors (Lipinski definition) is 5. The summed E-state index contributed by atoms with van der Waals surface area (Å²) in [5.41, 5.74) is 2.29. The van der Waals surface area contributed by atoms with Gasteiger partial charge in [-0.2, -0.15) is 0 Å². The third-order valence-corrected chi connectivity index (χ3v) is 5.87. The Bertz CT molecular complexity index is 1390. The summed E-state index contributed by atoms with van der Waals surface area (Å²) in [5.74, 6) is 0.570. The lowest BCUT2D eigenvalue weighted by atomic mass is 10.1. The minimum absolute atomic E-state index is 0.0496. The van der Waals surface area contributed by atoms with E-state index in [1.807, 2.05) is 18.2 Å². The lowest BCUT2D eigenvalue weighted by molar-refractivity contribution is -0.137. The van der Waals surface area contributed by atoms with E-state index in [4.69, 9.17) is 14.6 Å². The molecule has 8 heteroatoms. The van der Waals surface area contributed by atoms with Crippen LogP contribution in [0.2, 0.25) is 0 Å². The summed E-state index contributed by atoms with van der Waals surface area (Å²) in [5, 5.41) is 13.5. The second-order valence-corrected chi connectivity index (χ2v) is 8.37. The van der Waals surface area contributed by atoms with Gasteiger partial charge in [-0.15, -0.1) is 0 Å². The molecule has 0 bridgehead atoms. The number of fused-ring (bicyclic) bond motifs is 1. The second-order valence-electron chi connectivity index (χ2n) is 8.37.